The third-order valence-corrected chi connectivity index (χ3v) is 4.44. The van der Waals surface area contributed by atoms with E-state index in [0.29, 0.717) is 17.0 Å². The molecule has 0 fully saturated rings. The van der Waals surface area contributed by atoms with Gasteiger partial charge in [-0.3, -0.25) is 11.3 Å². The normalized spacial score (nSPS) is 12.6. The fraction of sp³-hybridized carbons (Fsp3) is 0.333. The van der Waals surface area contributed by atoms with Crippen molar-refractivity contribution in [3.05, 3.63) is 57.0 Å². The van der Waals surface area contributed by atoms with Crippen molar-refractivity contribution in [1.29, 1.82) is 0 Å². The predicted molar refractivity (Wildman–Crippen MR) is 83.5 cm³/mol. The summed E-state index contributed by atoms with van der Waals surface area (Å²) in [7, 11) is 0. The summed E-state index contributed by atoms with van der Waals surface area (Å²) in [6, 6.07) is 8.87. The molecule has 0 radical (unpaired) electrons. The maximum atomic E-state index is 13.7. The molecular weight excluding hydrogens is 295 g/mol. The van der Waals surface area contributed by atoms with E-state index in [1.54, 1.807) is 23.5 Å². The summed E-state index contributed by atoms with van der Waals surface area (Å²) in [5.74, 6) is 5.34. The number of thiophene rings is 1. The highest BCUT2D eigenvalue weighted by Crippen LogP contribution is 2.18. The van der Waals surface area contributed by atoms with E-state index in [4.69, 9.17) is 17.4 Å². The molecule has 2 rings (SSSR count). The number of hydrogen-bond donors (Lipinski definition) is 2. The number of benzene rings is 1. The minimum atomic E-state index is -0.229. The molecule has 0 aliphatic rings. The summed E-state index contributed by atoms with van der Waals surface area (Å²) in [6.07, 6.45) is 3.51. The van der Waals surface area contributed by atoms with Crippen molar-refractivity contribution in [2.24, 2.45) is 5.84 Å². The van der Waals surface area contributed by atoms with Crippen LogP contribution in [0.5, 0.6) is 0 Å². The van der Waals surface area contributed by atoms with E-state index in [-0.39, 0.29) is 11.9 Å². The van der Waals surface area contributed by atoms with Crippen LogP contribution < -0.4 is 11.3 Å². The van der Waals surface area contributed by atoms with Crippen LogP contribution in [0.15, 0.2) is 35.7 Å². The minimum Gasteiger partial charge on any atom is -0.271 e. The molecule has 1 unspecified atom stereocenters. The lowest BCUT2D eigenvalue weighted by molar-refractivity contribution is 0.467. The molecule has 3 N–H and O–H groups in total. The maximum absolute atomic E-state index is 13.7. The molecule has 0 bridgehead atoms. The number of rotatable bonds is 7. The van der Waals surface area contributed by atoms with E-state index in [1.165, 1.54) is 10.9 Å². The van der Waals surface area contributed by atoms with Gasteiger partial charge in [0, 0.05) is 15.9 Å². The van der Waals surface area contributed by atoms with Crippen molar-refractivity contribution < 1.29 is 4.39 Å². The Morgan fingerprint density at radius 2 is 2.20 bits per heavy atom. The average molecular weight is 313 g/mol. The lowest BCUT2D eigenvalue weighted by Gasteiger charge is -2.16. The van der Waals surface area contributed by atoms with Crippen molar-refractivity contribution in [1.82, 2.24) is 5.43 Å². The molecule has 1 heterocycles. The first-order valence-electron chi connectivity index (χ1n) is 6.61. The van der Waals surface area contributed by atoms with Crippen LogP contribution in [0.2, 0.25) is 5.02 Å². The van der Waals surface area contributed by atoms with Crippen molar-refractivity contribution >= 4 is 22.9 Å². The van der Waals surface area contributed by atoms with Crippen molar-refractivity contribution in [2.45, 2.75) is 31.7 Å². The highest BCUT2D eigenvalue weighted by Gasteiger charge is 2.11. The van der Waals surface area contributed by atoms with Crippen LogP contribution in [-0.4, -0.2) is 6.04 Å². The molecule has 1 atom stereocenters. The standard InChI is InChI=1S/C15H18ClFN2S/c16-12-6-7-15(17)11(9-12)10-13(19-18)3-1-4-14-5-2-8-20-14/h2,5-9,13,19H,1,3-4,10,18H2. The van der Waals surface area contributed by atoms with Gasteiger partial charge in [0.05, 0.1) is 0 Å². The minimum absolute atomic E-state index is 0.0583. The second kappa shape index (κ2) is 7.74. The summed E-state index contributed by atoms with van der Waals surface area (Å²) >= 11 is 7.66. The van der Waals surface area contributed by atoms with Crippen molar-refractivity contribution in [3.63, 3.8) is 0 Å². The third-order valence-electron chi connectivity index (χ3n) is 3.27. The van der Waals surface area contributed by atoms with Crippen LogP contribution >= 0.6 is 22.9 Å². The van der Waals surface area contributed by atoms with Gasteiger partial charge in [-0.2, -0.15) is 0 Å². The van der Waals surface area contributed by atoms with Crippen molar-refractivity contribution in [2.75, 3.05) is 0 Å². The van der Waals surface area contributed by atoms with Crippen LogP contribution in [0.3, 0.4) is 0 Å². The van der Waals surface area contributed by atoms with E-state index in [1.807, 2.05) is 0 Å². The Kier molecular flexibility index (Phi) is 5.98. The van der Waals surface area contributed by atoms with Crippen LogP contribution in [-0.2, 0) is 12.8 Å². The number of aryl methyl sites for hydroxylation is 1. The number of hydrogen-bond acceptors (Lipinski definition) is 3. The van der Waals surface area contributed by atoms with Crippen LogP contribution in [0.25, 0.3) is 0 Å². The summed E-state index contributed by atoms with van der Waals surface area (Å²) in [5.41, 5.74) is 3.38. The lowest BCUT2D eigenvalue weighted by Crippen LogP contribution is -2.37. The van der Waals surface area contributed by atoms with Crippen LogP contribution in [0, 0.1) is 5.82 Å². The fourth-order valence-corrected chi connectivity index (χ4v) is 3.13. The van der Waals surface area contributed by atoms with E-state index in [9.17, 15) is 4.39 Å². The van der Waals surface area contributed by atoms with Crippen molar-refractivity contribution in [3.8, 4) is 0 Å². The highest BCUT2D eigenvalue weighted by atomic mass is 35.5. The SMILES string of the molecule is NNC(CCCc1cccs1)Cc1cc(Cl)ccc1F. The van der Waals surface area contributed by atoms with Gasteiger partial charge in [0.2, 0.25) is 0 Å². The fourth-order valence-electron chi connectivity index (χ4n) is 2.19. The summed E-state index contributed by atoms with van der Waals surface area (Å²) < 4.78 is 13.7. The molecule has 2 aromatic rings. The molecule has 108 valence electrons. The number of hydrazine groups is 1. The van der Waals surface area contributed by atoms with E-state index in [0.717, 1.165) is 19.3 Å². The van der Waals surface area contributed by atoms with Gasteiger partial charge in [-0.15, -0.1) is 11.3 Å². The Bertz CT molecular complexity index is 531. The summed E-state index contributed by atoms with van der Waals surface area (Å²) in [4.78, 5) is 1.37. The van der Waals surface area contributed by atoms with E-state index < -0.39 is 0 Å². The van der Waals surface area contributed by atoms with Gasteiger partial charge in [-0.25, -0.2) is 4.39 Å². The number of halogens is 2. The Hall–Kier alpha value is -0.940. The lowest BCUT2D eigenvalue weighted by atomic mass is 10.0. The molecule has 0 saturated heterocycles. The molecule has 20 heavy (non-hydrogen) atoms. The molecule has 0 spiro atoms. The number of nitrogens with one attached hydrogen (secondary N) is 1. The highest BCUT2D eigenvalue weighted by molar-refractivity contribution is 7.09. The Morgan fingerprint density at radius 3 is 2.90 bits per heavy atom. The van der Waals surface area contributed by atoms with Gasteiger partial charge in [-0.05, 0) is 60.9 Å². The molecule has 0 aliphatic carbocycles. The zero-order valence-corrected chi connectivity index (χ0v) is 12.7. The molecule has 1 aromatic carbocycles. The van der Waals surface area contributed by atoms with Crippen LogP contribution in [0.4, 0.5) is 4.39 Å². The first-order chi connectivity index (χ1) is 9.69. The first kappa shape index (κ1) is 15.4. The largest absolute Gasteiger partial charge is 0.271 e. The van der Waals surface area contributed by atoms with Gasteiger partial charge >= 0.3 is 0 Å². The topological polar surface area (TPSA) is 38.0 Å². The van der Waals surface area contributed by atoms with Gasteiger partial charge in [0.25, 0.3) is 0 Å². The monoisotopic (exact) mass is 312 g/mol. The predicted octanol–water partition coefficient (Wildman–Crippen LogP) is 3.94. The Balaban J connectivity index is 1.86. The molecule has 0 saturated carbocycles. The molecular formula is C15H18ClFN2S. The number of nitrogens with two attached hydrogens (primary N) is 1. The van der Waals surface area contributed by atoms with Crippen LogP contribution in [0.1, 0.15) is 23.3 Å². The smallest absolute Gasteiger partial charge is 0.126 e. The zero-order chi connectivity index (χ0) is 14.4. The second-order valence-corrected chi connectivity index (χ2v) is 6.24. The van der Waals surface area contributed by atoms with Gasteiger partial charge < -0.3 is 0 Å². The van der Waals surface area contributed by atoms with Gasteiger partial charge in [0.1, 0.15) is 5.82 Å². The average Bonchev–Trinajstić information content (AvgIpc) is 2.94. The maximum Gasteiger partial charge on any atom is 0.126 e. The molecule has 0 amide bonds. The van der Waals surface area contributed by atoms with Gasteiger partial charge in [0.15, 0.2) is 0 Å². The third kappa shape index (κ3) is 4.56. The summed E-state index contributed by atoms with van der Waals surface area (Å²) in [5, 5.41) is 2.63. The van der Waals surface area contributed by atoms with E-state index in [2.05, 4.69) is 22.9 Å². The molecule has 5 heteroatoms. The zero-order valence-electron chi connectivity index (χ0n) is 11.1. The molecule has 0 aliphatic heterocycles. The van der Waals surface area contributed by atoms with Gasteiger partial charge in [-0.1, -0.05) is 17.7 Å². The first-order valence-corrected chi connectivity index (χ1v) is 7.87. The van der Waals surface area contributed by atoms with E-state index >= 15 is 0 Å². The molecule has 1 aromatic heterocycles. The Labute approximate surface area is 127 Å². The molecule has 2 nitrogen and oxygen atoms in total. The second-order valence-electron chi connectivity index (χ2n) is 4.78. The Morgan fingerprint density at radius 1 is 1.35 bits per heavy atom. The quantitative estimate of drug-likeness (QED) is 0.600. The summed E-state index contributed by atoms with van der Waals surface area (Å²) in [6.45, 7) is 0.